The number of hydrogen-bond acceptors (Lipinski definition) is 6. The zero-order chi connectivity index (χ0) is 29.7. The summed E-state index contributed by atoms with van der Waals surface area (Å²) >= 11 is 6.25. The first kappa shape index (κ1) is 29.4. The fourth-order valence-electron chi connectivity index (χ4n) is 6.12. The zero-order valence-electron chi connectivity index (χ0n) is 21.3. The second-order valence-corrected chi connectivity index (χ2v) is 13.0. The Labute approximate surface area is 238 Å². The van der Waals surface area contributed by atoms with Gasteiger partial charge in [-0.25, -0.2) is 26.0 Å². The lowest BCUT2D eigenvalue weighted by atomic mass is 9.70. The third-order valence-corrected chi connectivity index (χ3v) is 10.8. The van der Waals surface area contributed by atoms with Gasteiger partial charge in [0.05, 0.1) is 20.9 Å². The van der Waals surface area contributed by atoms with Gasteiger partial charge in [-0.2, -0.15) is 0 Å². The van der Waals surface area contributed by atoms with Crippen molar-refractivity contribution < 1.29 is 41.0 Å². The van der Waals surface area contributed by atoms with E-state index in [1.165, 1.54) is 24.4 Å². The van der Waals surface area contributed by atoms with Gasteiger partial charge in [-0.1, -0.05) is 11.6 Å². The molecule has 5 rings (SSSR count). The number of aromatic nitrogens is 1. The van der Waals surface area contributed by atoms with Crippen molar-refractivity contribution in [2.75, 3.05) is 5.32 Å². The van der Waals surface area contributed by atoms with Crippen LogP contribution >= 0.6 is 11.6 Å². The maximum Gasteiger partial charge on any atom is 0.265 e. The first-order valence-corrected chi connectivity index (χ1v) is 14.7. The number of aliphatic hydroxyl groups is 2. The van der Waals surface area contributed by atoms with Gasteiger partial charge in [0.2, 0.25) is 0 Å². The van der Waals surface area contributed by atoms with Crippen molar-refractivity contribution >= 4 is 33.0 Å². The number of nitrogens with one attached hydrogen (secondary N) is 1. The fourth-order valence-corrected chi connectivity index (χ4v) is 8.53. The monoisotopic (exact) mass is 612 g/mol. The SMILES string of the molecule is O=C(Nc1ccc(F)c(F)c1)c1ccc(Cl)c(S(=O)(=O)C2CC3CCC(C2)C3(O)C(O)c2ncccc2C(F)F)c1. The highest BCUT2D eigenvalue weighted by Crippen LogP contribution is 2.57. The number of benzene rings is 2. The second kappa shape index (κ2) is 11.0. The molecule has 1 heterocycles. The molecule has 218 valence electrons. The Hall–Kier alpha value is -3.06. The minimum atomic E-state index is -4.17. The fraction of sp³-hybridized carbons (Fsp3) is 0.357. The summed E-state index contributed by atoms with van der Waals surface area (Å²) in [5.41, 5.74) is -2.85. The van der Waals surface area contributed by atoms with Crippen molar-refractivity contribution in [3.8, 4) is 0 Å². The maximum absolute atomic E-state index is 13.8. The molecule has 41 heavy (non-hydrogen) atoms. The van der Waals surface area contributed by atoms with E-state index in [0.717, 1.165) is 30.3 Å². The smallest absolute Gasteiger partial charge is 0.265 e. The predicted octanol–water partition coefficient (Wildman–Crippen LogP) is 5.63. The number of carbonyl (C=O) groups is 1. The number of pyridine rings is 1. The number of fused-ring (bicyclic) bond motifs is 2. The number of halogens is 5. The first-order chi connectivity index (χ1) is 19.3. The van der Waals surface area contributed by atoms with E-state index in [2.05, 4.69) is 10.3 Å². The molecule has 2 fully saturated rings. The van der Waals surface area contributed by atoms with Crippen LogP contribution in [0, 0.1) is 23.5 Å². The predicted molar refractivity (Wildman–Crippen MR) is 141 cm³/mol. The van der Waals surface area contributed by atoms with Crippen molar-refractivity contribution in [1.82, 2.24) is 4.98 Å². The number of nitrogens with zero attached hydrogens (tertiary/aromatic N) is 1. The Morgan fingerprint density at radius 2 is 1.73 bits per heavy atom. The van der Waals surface area contributed by atoms with Crippen LogP contribution in [0.5, 0.6) is 0 Å². The maximum atomic E-state index is 13.8. The second-order valence-electron chi connectivity index (χ2n) is 10.4. The van der Waals surface area contributed by atoms with Gasteiger partial charge >= 0.3 is 0 Å². The Bertz CT molecular complexity index is 1590. The molecular formula is C28H25ClF4N2O5S. The highest BCUT2D eigenvalue weighted by molar-refractivity contribution is 7.92. The van der Waals surface area contributed by atoms with Crippen LogP contribution in [0.25, 0.3) is 0 Å². The molecule has 3 aromatic rings. The molecule has 2 aliphatic carbocycles. The lowest BCUT2D eigenvalue weighted by molar-refractivity contribution is -0.146. The number of sulfone groups is 1. The molecule has 0 spiro atoms. The minimum Gasteiger partial charge on any atom is -0.386 e. The first-order valence-electron chi connectivity index (χ1n) is 12.8. The molecular weight excluding hydrogens is 588 g/mol. The van der Waals surface area contributed by atoms with Crippen molar-refractivity contribution in [3.63, 3.8) is 0 Å². The summed E-state index contributed by atoms with van der Waals surface area (Å²) in [7, 11) is -4.17. The Morgan fingerprint density at radius 1 is 1.05 bits per heavy atom. The van der Waals surface area contributed by atoms with Crippen LogP contribution in [0.2, 0.25) is 5.02 Å². The third kappa shape index (κ3) is 5.22. The molecule has 7 nitrogen and oxygen atoms in total. The van der Waals surface area contributed by atoms with Gasteiger partial charge in [0.15, 0.2) is 21.5 Å². The van der Waals surface area contributed by atoms with Gasteiger partial charge in [-0.05, 0) is 80.0 Å². The van der Waals surface area contributed by atoms with E-state index >= 15 is 0 Å². The van der Waals surface area contributed by atoms with E-state index in [9.17, 15) is 41.0 Å². The van der Waals surface area contributed by atoms with E-state index in [1.807, 2.05) is 0 Å². The Balaban J connectivity index is 1.40. The van der Waals surface area contributed by atoms with Crippen LogP contribution in [0.1, 0.15) is 59.8 Å². The molecule has 1 amide bonds. The van der Waals surface area contributed by atoms with Gasteiger partial charge in [0.1, 0.15) is 11.7 Å². The van der Waals surface area contributed by atoms with Gasteiger partial charge < -0.3 is 15.5 Å². The summed E-state index contributed by atoms with van der Waals surface area (Å²) in [5, 5.41) is 24.0. The summed E-state index contributed by atoms with van der Waals surface area (Å²) in [4.78, 5) is 16.4. The van der Waals surface area contributed by atoms with Gasteiger partial charge in [0, 0.05) is 29.1 Å². The van der Waals surface area contributed by atoms with Gasteiger partial charge in [-0.3, -0.25) is 9.78 Å². The van der Waals surface area contributed by atoms with Gasteiger partial charge in [-0.15, -0.1) is 0 Å². The van der Waals surface area contributed by atoms with Crippen LogP contribution < -0.4 is 5.32 Å². The van der Waals surface area contributed by atoms with Crippen LogP contribution in [-0.2, 0) is 9.84 Å². The number of amides is 1. The van der Waals surface area contributed by atoms with E-state index in [1.54, 1.807) is 0 Å². The molecule has 0 aliphatic heterocycles. The van der Waals surface area contributed by atoms with E-state index in [0.29, 0.717) is 12.8 Å². The van der Waals surface area contributed by atoms with Gasteiger partial charge in [0.25, 0.3) is 12.3 Å². The van der Waals surface area contributed by atoms with E-state index < -0.39 is 68.2 Å². The molecule has 3 N–H and O–H groups in total. The lowest BCUT2D eigenvalue weighted by Crippen LogP contribution is -2.52. The van der Waals surface area contributed by atoms with Crippen molar-refractivity contribution in [2.24, 2.45) is 11.8 Å². The Morgan fingerprint density at radius 3 is 2.37 bits per heavy atom. The molecule has 13 heteroatoms. The lowest BCUT2D eigenvalue weighted by Gasteiger charge is -2.45. The quantitative estimate of drug-likeness (QED) is 0.298. The van der Waals surface area contributed by atoms with Crippen molar-refractivity contribution in [3.05, 3.63) is 88.2 Å². The summed E-state index contributed by atoms with van der Waals surface area (Å²) in [6, 6.07) is 8.79. The van der Waals surface area contributed by atoms with Crippen LogP contribution in [0.15, 0.2) is 59.6 Å². The molecule has 3 unspecified atom stereocenters. The summed E-state index contributed by atoms with van der Waals surface area (Å²) in [5.74, 6) is -4.52. The summed E-state index contributed by atoms with van der Waals surface area (Å²) < 4.78 is 81.5. The third-order valence-electron chi connectivity index (χ3n) is 8.19. The average molecular weight is 613 g/mol. The number of rotatable bonds is 7. The topological polar surface area (TPSA) is 117 Å². The van der Waals surface area contributed by atoms with Crippen LogP contribution in [-0.4, -0.2) is 40.4 Å². The normalized spacial score (nSPS) is 24.8. The minimum absolute atomic E-state index is 0.0436. The van der Waals surface area contributed by atoms with E-state index in [4.69, 9.17) is 11.6 Å². The number of anilines is 1. The number of aliphatic hydroxyl groups excluding tert-OH is 1. The van der Waals surface area contributed by atoms with E-state index in [-0.39, 0.29) is 39.7 Å². The standard InChI is InChI=1S/C28H25ClF4N2O5S/c29-20-7-3-14(27(37)35-17-6-8-21(30)22(31)13-17)10-23(20)41(39,40)18-11-15-4-5-16(12-18)28(15,38)25(36)24-19(26(32)33)2-1-9-34-24/h1-3,6-10,13,15-16,18,25-26,36,38H,4-5,11-12H2,(H,35,37). The number of hydrogen-bond donors (Lipinski definition) is 3. The van der Waals surface area contributed by atoms with Crippen LogP contribution in [0.3, 0.4) is 0 Å². The molecule has 0 saturated heterocycles. The molecule has 1 aromatic heterocycles. The molecule has 2 aliphatic rings. The molecule has 2 bridgehead atoms. The molecule has 2 aromatic carbocycles. The molecule has 2 saturated carbocycles. The number of alkyl halides is 2. The highest BCUT2D eigenvalue weighted by atomic mass is 35.5. The summed E-state index contributed by atoms with van der Waals surface area (Å²) in [6.07, 6.45) is -2.86. The van der Waals surface area contributed by atoms with Crippen LogP contribution in [0.4, 0.5) is 23.2 Å². The zero-order valence-corrected chi connectivity index (χ0v) is 22.8. The average Bonchev–Trinajstić information content (AvgIpc) is 3.10. The summed E-state index contributed by atoms with van der Waals surface area (Å²) in [6.45, 7) is 0. The number of carbonyl (C=O) groups excluding carboxylic acids is 1. The highest BCUT2D eigenvalue weighted by Gasteiger charge is 2.60. The van der Waals surface area contributed by atoms with Crippen molar-refractivity contribution in [2.45, 2.75) is 54.0 Å². The van der Waals surface area contributed by atoms with Crippen molar-refractivity contribution in [1.29, 1.82) is 0 Å². The molecule has 3 atom stereocenters. The molecule has 0 radical (unpaired) electrons. The Kier molecular flexibility index (Phi) is 7.88. The largest absolute Gasteiger partial charge is 0.386 e.